The minimum Gasteiger partial charge on any atom is -0.462 e. The molecule has 7 atom stereocenters. The van der Waals surface area contributed by atoms with Crippen LogP contribution in [0.5, 0.6) is 0 Å². The van der Waals surface area contributed by atoms with Crippen LogP contribution in [0.4, 0.5) is 0 Å². The second-order valence-corrected chi connectivity index (χ2v) is 10.3. The highest BCUT2D eigenvalue weighted by Gasteiger charge is 2.42. The van der Waals surface area contributed by atoms with E-state index in [1.165, 1.54) is 13.8 Å². The summed E-state index contributed by atoms with van der Waals surface area (Å²) in [6, 6.07) is 0. The molecule has 216 valence electrons. The quantitative estimate of drug-likeness (QED) is 0.137. The fraction of sp³-hybridized carbons (Fsp3) is 0.759. The highest BCUT2D eigenvalue weighted by molar-refractivity contribution is 5.69. The predicted molar refractivity (Wildman–Crippen MR) is 141 cm³/mol. The standard InChI is InChI=1S/C29H46O9/c1-4-5-8-12-22(32)16-17-24-23(25(33)19-27(24)36-20(2)30)13-9-6-7-10-15-28(34)38-26-14-11-18-35-29(26)37-21(3)31/h6,9,16-17,22-27,29,32-33H,4-5,7-8,10-15,18-19H2,1-3H3/b9-6-,17-16+/t22-,23+,24+,25-,26+,27+,29-/m0/s1. The van der Waals surface area contributed by atoms with Gasteiger partial charge in [-0.15, -0.1) is 0 Å². The summed E-state index contributed by atoms with van der Waals surface area (Å²) < 4.78 is 21.4. The molecular weight excluding hydrogens is 492 g/mol. The van der Waals surface area contributed by atoms with Gasteiger partial charge in [-0.2, -0.15) is 0 Å². The van der Waals surface area contributed by atoms with Gasteiger partial charge in [0.15, 0.2) is 6.10 Å². The number of rotatable bonds is 15. The van der Waals surface area contributed by atoms with Gasteiger partial charge in [0.1, 0.15) is 6.10 Å². The Balaban J connectivity index is 1.81. The lowest BCUT2D eigenvalue weighted by Gasteiger charge is -2.30. The van der Waals surface area contributed by atoms with Crippen molar-refractivity contribution >= 4 is 17.9 Å². The summed E-state index contributed by atoms with van der Waals surface area (Å²) in [4.78, 5) is 35.1. The predicted octanol–water partition coefficient (Wildman–Crippen LogP) is 4.14. The van der Waals surface area contributed by atoms with Gasteiger partial charge in [-0.1, -0.05) is 50.5 Å². The molecule has 9 heteroatoms. The van der Waals surface area contributed by atoms with Crippen LogP contribution in [0, 0.1) is 11.8 Å². The third kappa shape index (κ3) is 11.7. The summed E-state index contributed by atoms with van der Waals surface area (Å²) in [7, 11) is 0. The average Bonchev–Trinajstić information content (AvgIpc) is 3.14. The lowest BCUT2D eigenvalue weighted by Crippen LogP contribution is -2.40. The number of carbonyl (C=O) groups excluding carboxylic acids is 3. The van der Waals surface area contributed by atoms with Crippen molar-refractivity contribution < 1.29 is 43.5 Å². The molecule has 0 spiro atoms. The molecule has 0 aromatic carbocycles. The molecule has 0 unspecified atom stereocenters. The molecule has 1 heterocycles. The molecule has 0 amide bonds. The second kappa shape index (κ2) is 17.4. The normalized spacial score (nSPS) is 28.4. The van der Waals surface area contributed by atoms with Crippen LogP contribution >= 0.6 is 0 Å². The molecule has 2 N–H and O–H groups in total. The fourth-order valence-corrected chi connectivity index (χ4v) is 5.06. The van der Waals surface area contributed by atoms with E-state index in [2.05, 4.69) is 6.92 Å². The van der Waals surface area contributed by atoms with Crippen molar-refractivity contribution in [1.82, 2.24) is 0 Å². The van der Waals surface area contributed by atoms with Crippen LogP contribution in [-0.2, 0) is 33.3 Å². The van der Waals surface area contributed by atoms with Crippen LogP contribution in [0.2, 0.25) is 0 Å². The number of esters is 3. The van der Waals surface area contributed by atoms with Crippen LogP contribution in [-0.4, -0.2) is 65.4 Å². The van der Waals surface area contributed by atoms with Gasteiger partial charge < -0.3 is 29.2 Å². The molecule has 2 rings (SSSR count). The SMILES string of the molecule is CCCCC[C@H](O)/C=C/[C@@H]1[C@@H](C/C=C\CCCC(=O)O[C@@H]2CCCO[C@H]2OC(C)=O)[C@@H](O)C[C@H]1OC(C)=O. The summed E-state index contributed by atoms with van der Waals surface area (Å²) in [5.74, 6) is -1.53. The first-order chi connectivity index (χ1) is 18.2. The fourth-order valence-electron chi connectivity index (χ4n) is 5.06. The van der Waals surface area contributed by atoms with Gasteiger partial charge in [0.25, 0.3) is 0 Å². The van der Waals surface area contributed by atoms with E-state index in [0.29, 0.717) is 45.1 Å². The van der Waals surface area contributed by atoms with Crippen molar-refractivity contribution in [3.63, 3.8) is 0 Å². The maximum atomic E-state index is 12.3. The summed E-state index contributed by atoms with van der Waals surface area (Å²) in [6.07, 6.45) is 12.1. The van der Waals surface area contributed by atoms with Crippen molar-refractivity contribution in [2.45, 2.75) is 122 Å². The molecule has 1 aliphatic heterocycles. The van der Waals surface area contributed by atoms with E-state index >= 15 is 0 Å². The van der Waals surface area contributed by atoms with E-state index in [9.17, 15) is 24.6 Å². The van der Waals surface area contributed by atoms with E-state index < -0.39 is 36.7 Å². The number of hydrogen-bond donors (Lipinski definition) is 2. The topological polar surface area (TPSA) is 129 Å². The Morgan fingerprint density at radius 2 is 1.79 bits per heavy atom. The molecule has 0 radical (unpaired) electrons. The molecular formula is C29H46O9. The number of aliphatic hydroxyl groups is 2. The molecule has 1 saturated carbocycles. The summed E-state index contributed by atoms with van der Waals surface area (Å²) >= 11 is 0. The zero-order valence-electron chi connectivity index (χ0n) is 23.1. The number of ether oxygens (including phenoxy) is 4. The smallest absolute Gasteiger partial charge is 0.306 e. The van der Waals surface area contributed by atoms with E-state index in [0.717, 1.165) is 25.7 Å². The summed E-state index contributed by atoms with van der Waals surface area (Å²) in [6.45, 7) is 5.23. The third-order valence-electron chi connectivity index (χ3n) is 6.98. The molecule has 2 fully saturated rings. The number of carbonyl (C=O) groups is 3. The van der Waals surface area contributed by atoms with Crippen molar-refractivity contribution in [2.75, 3.05) is 6.61 Å². The van der Waals surface area contributed by atoms with Crippen molar-refractivity contribution in [3.05, 3.63) is 24.3 Å². The molecule has 9 nitrogen and oxygen atoms in total. The first-order valence-corrected chi connectivity index (χ1v) is 14.1. The zero-order chi connectivity index (χ0) is 27.9. The van der Waals surface area contributed by atoms with E-state index in [-0.39, 0.29) is 30.2 Å². The van der Waals surface area contributed by atoms with Gasteiger partial charge >= 0.3 is 17.9 Å². The monoisotopic (exact) mass is 538 g/mol. The van der Waals surface area contributed by atoms with Crippen molar-refractivity contribution in [3.8, 4) is 0 Å². The average molecular weight is 539 g/mol. The third-order valence-corrected chi connectivity index (χ3v) is 6.98. The molecule has 1 saturated heterocycles. The Hall–Kier alpha value is -2.23. The largest absolute Gasteiger partial charge is 0.462 e. The molecule has 2 aliphatic rings. The van der Waals surface area contributed by atoms with Gasteiger partial charge in [-0.25, -0.2) is 0 Å². The second-order valence-electron chi connectivity index (χ2n) is 10.3. The van der Waals surface area contributed by atoms with E-state index in [1.54, 1.807) is 6.08 Å². The Bertz CT molecular complexity index is 793. The maximum Gasteiger partial charge on any atom is 0.306 e. The Kier molecular flexibility index (Phi) is 14.6. The van der Waals surface area contributed by atoms with Gasteiger partial charge in [-0.05, 0) is 44.4 Å². The molecule has 0 bridgehead atoms. The van der Waals surface area contributed by atoms with Crippen LogP contribution in [0.25, 0.3) is 0 Å². The minimum atomic E-state index is -0.849. The number of hydrogen-bond acceptors (Lipinski definition) is 9. The first-order valence-electron chi connectivity index (χ1n) is 14.1. The van der Waals surface area contributed by atoms with Crippen LogP contribution in [0.3, 0.4) is 0 Å². The lowest BCUT2D eigenvalue weighted by molar-refractivity contribution is -0.224. The minimum absolute atomic E-state index is 0.135. The molecule has 1 aliphatic carbocycles. The van der Waals surface area contributed by atoms with Gasteiger partial charge in [0.05, 0.1) is 18.8 Å². The van der Waals surface area contributed by atoms with E-state index in [4.69, 9.17) is 18.9 Å². The van der Waals surface area contributed by atoms with Crippen molar-refractivity contribution in [1.29, 1.82) is 0 Å². The highest BCUT2D eigenvalue weighted by atomic mass is 16.7. The Morgan fingerprint density at radius 3 is 2.50 bits per heavy atom. The molecule has 0 aromatic heterocycles. The van der Waals surface area contributed by atoms with Crippen LogP contribution in [0.15, 0.2) is 24.3 Å². The van der Waals surface area contributed by atoms with Gasteiger partial charge in [-0.3, -0.25) is 14.4 Å². The summed E-state index contributed by atoms with van der Waals surface area (Å²) in [5.41, 5.74) is 0. The highest BCUT2D eigenvalue weighted by Crippen LogP contribution is 2.38. The zero-order valence-corrected chi connectivity index (χ0v) is 23.1. The van der Waals surface area contributed by atoms with E-state index in [1.807, 2.05) is 18.2 Å². The number of aliphatic hydroxyl groups excluding tert-OH is 2. The lowest BCUT2D eigenvalue weighted by atomic mass is 9.89. The first kappa shape index (κ1) is 32.0. The maximum absolute atomic E-state index is 12.3. The number of unbranched alkanes of at least 4 members (excludes halogenated alkanes) is 3. The van der Waals surface area contributed by atoms with Crippen LogP contribution in [0.1, 0.15) is 91.4 Å². The number of allylic oxidation sites excluding steroid dienone is 2. The molecule has 0 aromatic rings. The molecule has 38 heavy (non-hydrogen) atoms. The van der Waals surface area contributed by atoms with Crippen molar-refractivity contribution in [2.24, 2.45) is 11.8 Å². The van der Waals surface area contributed by atoms with Gasteiger partial charge in [0, 0.05) is 32.6 Å². The van der Waals surface area contributed by atoms with Gasteiger partial charge in [0.2, 0.25) is 6.29 Å². The Labute approximate surface area is 226 Å². The van der Waals surface area contributed by atoms with Crippen LogP contribution < -0.4 is 0 Å². The summed E-state index contributed by atoms with van der Waals surface area (Å²) in [5, 5.41) is 21.0. The Morgan fingerprint density at radius 1 is 1.03 bits per heavy atom.